The quantitative estimate of drug-likeness (QED) is 0.142. The van der Waals surface area contributed by atoms with Gasteiger partial charge in [0, 0.05) is 39.3 Å². The Balaban J connectivity index is 1.86. The minimum Gasteiger partial charge on any atom is -0.480 e. The van der Waals surface area contributed by atoms with Crippen molar-refractivity contribution < 1.29 is 38.6 Å². The lowest BCUT2D eigenvalue weighted by Gasteiger charge is -2.43. The predicted octanol–water partition coefficient (Wildman–Crippen LogP) is 4.25. The molecule has 1 saturated carbocycles. The largest absolute Gasteiger partial charge is 0.480 e. The molecule has 1 saturated heterocycles. The van der Waals surface area contributed by atoms with Gasteiger partial charge in [-0.25, -0.2) is 4.79 Å². The summed E-state index contributed by atoms with van der Waals surface area (Å²) in [6.07, 6.45) is -0.0556. The van der Waals surface area contributed by atoms with Crippen molar-refractivity contribution in [2.24, 2.45) is 41.4 Å². The van der Waals surface area contributed by atoms with Gasteiger partial charge in [0.15, 0.2) is 0 Å². The second-order valence-electron chi connectivity index (χ2n) is 16.8. The summed E-state index contributed by atoms with van der Waals surface area (Å²) in [6, 6.07) is 3.50. The standard InChI is InChI=1S/C42H68ClN5O8/c1-13-24(6)37(47(10)41(52)36(23(4)5)46-40(51)35(44-9)22(2)3)33(55-11)20-34(49)48-21-29-25(7)28(29)19-32(48)38(56-12)26(8)39(50)45-31(42(53)54)18-27-16-14-15-17-30(27)43/h14-17,22-26,28-29,31-33,35-38,44H,13,18-21H2,1-12H3,(H,45,50)(H,46,51)(H,53,54)/t24-,25-,26+,28+,29+,31-,32-,33+,35-,36-,37-,38+/m0/s1. The molecule has 13 nitrogen and oxygen atoms in total. The van der Waals surface area contributed by atoms with Crippen molar-refractivity contribution >= 4 is 41.2 Å². The Bertz CT molecular complexity index is 1510. The molecule has 0 aromatic heterocycles. The molecule has 1 aromatic rings. The average Bonchev–Trinajstić information content (AvgIpc) is 3.80. The number of nitrogens with one attached hydrogen (secondary N) is 3. The highest BCUT2D eigenvalue weighted by atomic mass is 35.5. The Morgan fingerprint density at radius 1 is 0.946 bits per heavy atom. The van der Waals surface area contributed by atoms with E-state index in [4.69, 9.17) is 21.1 Å². The van der Waals surface area contributed by atoms with Gasteiger partial charge in [-0.15, -0.1) is 0 Å². The number of carbonyl (C=O) groups excluding carboxylic acids is 4. The van der Waals surface area contributed by atoms with Crippen LogP contribution >= 0.6 is 11.6 Å². The molecule has 2 fully saturated rings. The smallest absolute Gasteiger partial charge is 0.326 e. The molecule has 1 aromatic carbocycles. The number of ether oxygens (including phenoxy) is 2. The summed E-state index contributed by atoms with van der Waals surface area (Å²) in [5.41, 5.74) is 0.601. The van der Waals surface area contributed by atoms with E-state index in [-0.39, 0.29) is 48.3 Å². The van der Waals surface area contributed by atoms with Gasteiger partial charge in [0.05, 0.1) is 42.7 Å². The molecular formula is C42H68ClN5O8. The third kappa shape index (κ3) is 11.2. The number of carbonyl (C=O) groups is 5. The van der Waals surface area contributed by atoms with Gasteiger partial charge in [-0.1, -0.05) is 91.6 Å². The summed E-state index contributed by atoms with van der Waals surface area (Å²) >= 11 is 6.31. The summed E-state index contributed by atoms with van der Waals surface area (Å²) in [6.45, 7) is 16.1. The van der Waals surface area contributed by atoms with Crippen LogP contribution in [0.25, 0.3) is 0 Å². The number of rotatable bonds is 21. The van der Waals surface area contributed by atoms with Crippen LogP contribution in [0.15, 0.2) is 24.3 Å². The topological polar surface area (TPSA) is 167 Å². The number of likely N-dealkylation sites (tertiary alicyclic amines) is 1. The number of hydrogen-bond acceptors (Lipinski definition) is 8. The molecule has 0 bridgehead atoms. The van der Waals surface area contributed by atoms with E-state index in [2.05, 4.69) is 22.9 Å². The van der Waals surface area contributed by atoms with Crippen molar-refractivity contribution in [1.82, 2.24) is 25.8 Å². The number of aliphatic carboxylic acids is 1. The minimum absolute atomic E-state index is 0.00578. The van der Waals surface area contributed by atoms with Gasteiger partial charge < -0.3 is 40.3 Å². The molecule has 0 radical (unpaired) electrons. The molecular weight excluding hydrogens is 738 g/mol. The van der Waals surface area contributed by atoms with Crippen molar-refractivity contribution in [2.45, 2.75) is 123 Å². The number of benzene rings is 1. The number of carboxylic acid groups (broad SMARTS) is 1. The molecule has 14 heteroatoms. The Morgan fingerprint density at radius 3 is 2.09 bits per heavy atom. The lowest BCUT2D eigenvalue weighted by atomic mass is 9.87. The summed E-state index contributed by atoms with van der Waals surface area (Å²) in [5, 5.41) is 19.2. The first-order chi connectivity index (χ1) is 26.3. The number of halogens is 1. The van der Waals surface area contributed by atoms with Gasteiger partial charge in [0.1, 0.15) is 12.1 Å². The molecule has 1 aliphatic carbocycles. The van der Waals surface area contributed by atoms with Crippen LogP contribution in [-0.2, 0) is 39.9 Å². The van der Waals surface area contributed by atoms with Gasteiger partial charge in [-0.3, -0.25) is 19.2 Å². The van der Waals surface area contributed by atoms with Crippen LogP contribution in [0.3, 0.4) is 0 Å². The molecule has 4 amide bonds. The number of likely N-dealkylation sites (N-methyl/N-ethyl adjacent to an activating group) is 2. The van der Waals surface area contributed by atoms with E-state index in [1.807, 2.05) is 46.4 Å². The molecule has 0 spiro atoms. The zero-order valence-corrected chi connectivity index (χ0v) is 36.3. The van der Waals surface area contributed by atoms with Gasteiger partial charge in [-0.2, -0.15) is 0 Å². The number of nitrogens with zero attached hydrogens (tertiary/aromatic N) is 2. The first-order valence-corrected chi connectivity index (χ1v) is 20.6. The Labute approximate surface area is 339 Å². The van der Waals surface area contributed by atoms with Gasteiger partial charge >= 0.3 is 5.97 Å². The van der Waals surface area contributed by atoms with Crippen molar-refractivity contribution in [3.8, 4) is 0 Å². The fraction of sp³-hybridized carbons (Fsp3) is 0.738. The van der Waals surface area contributed by atoms with Crippen LogP contribution in [0, 0.1) is 41.4 Å². The number of hydrogen-bond donors (Lipinski definition) is 4. The summed E-state index contributed by atoms with van der Waals surface area (Å²) in [5.74, 6) is -2.30. The van der Waals surface area contributed by atoms with Crippen LogP contribution < -0.4 is 16.0 Å². The second kappa shape index (κ2) is 20.9. The molecule has 12 atom stereocenters. The first kappa shape index (κ1) is 47.1. The normalized spacial score (nSPS) is 23.5. The highest BCUT2D eigenvalue weighted by molar-refractivity contribution is 6.31. The minimum atomic E-state index is -1.22. The van der Waals surface area contributed by atoms with Crippen LogP contribution in [0.4, 0.5) is 0 Å². The fourth-order valence-electron chi connectivity index (χ4n) is 8.69. The summed E-state index contributed by atoms with van der Waals surface area (Å²) in [7, 11) is 6.50. The zero-order chi connectivity index (χ0) is 42.2. The highest BCUT2D eigenvalue weighted by Gasteiger charge is 2.56. The fourth-order valence-corrected chi connectivity index (χ4v) is 8.90. The number of carboxylic acids is 1. The second-order valence-corrected chi connectivity index (χ2v) is 17.2. The molecule has 0 unspecified atom stereocenters. The molecule has 4 N–H and O–H groups in total. The third-order valence-corrected chi connectivity index (χ3v) is 12.9. The maximum Gasteiger partial charge on any atom is 0.326 e. The highest BCUT2D eigenvalue weighted by Crippen LogP contribution is 2.54. The van der Waals surface area contributed by atoms with E-state index in [0.717, 1.165) is 0 Å². The van der Waals surface area contributed by atoms with E-state index in [9.17, 15) is 29.1 Å². The maximum atomic E-state index is 14.6. The van der Waals surface area contributed by atoms with E-state index in [0.29, 0.717) is 47.7 Å². The number of amides is 4. The van der Waals surface area contributed by atoms with Crippen LogP contribution in [-0.4, -0.2) is 122 Å². The average molecular weight is 806 g/mol. The molecule has 1 heterocycles. The monoisotopic (exact) mass is 805 g/mol. The van der Waals surface area contributed by atoms with Gasteiger partial charge in [0.25, 0.3) is 0 Å². The Hall–Kier alpha value is -3.26. The molecule has 2 aliphatic rings. The lowest BCUT2D eigenvalue weighted by Crippen LogP contribution is -2.60. The Morgan fingerprint density at radius 2 is 1.57 bits per heavy atom. The van der Waals surface area contributed by atoms with Crippen molar-refractivity contribution in [1.29, 1.82) is 0 Å². The zero-order valence-electron chi connectivity index (χ0n) is 35.5. The lowest BCUT2D eigenvalue weighted by molar-refractivity contribution is -0.151. The van der Waals surface area contributed by atoms with Crippen molar-refractivity contribution in [3.05, 3.63) is 34.9 Å². The number of methoxy groups -OCH3 is 2. The first-order valence-electron chi connectivity index (χ1n) is 20.2. The number of piperidine rings is 1. The van der Waals surface area contributed by atoms with Gasteiger partial charge in [0.2, 0.25) is 23.6 Å². The van der Waals surface area contributed by atoms with Crippen molar-refractivity contribution in [2.75, 3.05) is 34.9 Å². The number of fused-ring (bicyclic) bond motifs is 1. The summed E-state index contributed by atoms with van der Waals surface area (Å²) < 4.78 is 12.1. The maximum absolute atomic E-state index is 14.6. The predicted molar refractivity (Wildman–Crippen MR) is 217 cm³/mol. The summed E-state index contributed by atoms with van der Waals surface area (Å²) in [4.78, 5) is 71.6. The van der Waals surface area contributed by atoms with E-state index < -0.39 is 60.2 Å². The van der Waals surface area contributed by atoms with Crippen LogP contribution in [0.5, 0.6) is 0 Å². The van der Waals surface area contributed by atoms with E-state index in [1.54, 1.807) is 57.3 Å². The van der Waals surface area contributed by atoms with Crippen LogP contribution in [0.2, 0.25) is 5.02 Å². The van der Waals surface area contributed by atoms with E-state index >= 15 is 0 Å². The molecule has 1 aliphatic heterocycles. The van der Waals surface area contributed by atoms with Crippen molar-refractivity contribution in [3.63, 3.8) is 0 Å². The molecule has 316 valence electrons. The Kier molecular flexibility index (Phi) is 17.6. The SMILES string of the molecule is CC[C@H](C)[C@@H]([C@@H](CC(=O)N1C[C@@H]2[C@@H](C)[C@H]2C[C@H]1[C@H](OC)[C@@H](C)C(=O)N[C@@H](Cc1ccccc1Cl)C(=O)O)OC)N(C)C(=O)[C@@H](NC(=O)[C@@H](NC)C(C)C)C(C)C. The molecule has 56 heavy (non-hydrogen) atoms. The van der Waals surface area contributed by atoms with Crippen LogP contribution in [0.1, 0.15) is 80.2 Å². The third-order valence-electron chi connectivity index (χ3n) is 12.5. The van der Waals surface area contributed by atoms with Gasteiger partial charge in [-0.05, 0) is 60.6 Å². The molecule has 3 rings (SSSR count). The van der Waals surface area contributed by atoms with E-state index in [1.165, 1.54) is 7.11 Å².